The predicted molar refractivity (Wildman–Crippen MR) is 152 cm³/mol. The molecule has 0 spiro atoms. The van der Waals surface area contributed by atoms with Crippen LogP contribution in [0.1, 0.15) is 120 Å². The highest BCUT2D eigenvalue weighted by molar-refractivity contribution is 5.62. The van der Waals surface area contributed by atoms with Crippen LogP contribution >= 0.6 is 0 Å². The van der Waals surface area contributed by atoms with Gasteiger partial charge in [-0.25, -0.2) is 0 Å². The minimum atomic E-state index is -4.47. The van der Waals surface area contributed by atoms with Crippen molar-refractivity contribution in [1.82, 2.24) is 0 Å². The molecule has 3 rings (SSSR count). The van der Waals surface area contributed by atoms with Gasteiger partial charge in [-0.15, -0.1) is 0 Å². The number of nitrogens with one attached hydrogen (secondary N) is 2. The lowest BCUT2D eigenvalue weighted by Crippen LogP contribution is -2.39. The molecule has 3 nitrogen and oxygen atoms in total. The highest BCUT2D eigenvalue weighted by Crippen LogP contribution is 2.40. The topological polar surface area (TPSA) is 37.2 Å². The number of hydrogen-bond acceptors (Lipinski definition) is 3. The van der Waals surface area contributed by atoms with E-state index in [9.17, 15) is 13.2 Å². The molecule has 208 valence electrons. The van der Waals surface area contributed by atoms with Crippen molar-refractivity contribution in [3.8, 4) is 0 Å². The van der Waals surface area contributed by atoms with Gasteiger partial charge in [-0.2, -0.15) is 13.2 Å². The molecule has 2 aromatic carbocycles. The Morgan fingerprint density at radius 1 is 0.632 bits per heavy atom. The first-order valence-corrected chi connectivity index (χ1v) is 13.7. The highest BCUT2D eigenvalue weighted by atomic mass is 19.4. The van der Waals surface area contributed by atoms with Gasteiger partial charge in [0, 0.05) is 17.8 Å². The van der Waals surface area contributed by atoms with Crippen molar-refractivity contribution in [3.63, 3.8) is 0 Å². The Morgan fingerprint density at radius 3 is 1.39 bits per heavy atom. The second kappa shape index (κ2) is 12.3. The summed E-state index contributed by atoms with van der Waals surface area (Å²) in [6.45, 7) is 16.4. The second-order valence-corrected chi connectivity index (χ2v) is 11.4. The molecule has 0 radical (unpaired) electrons. The van der Waals surface area contributed by atoms with Gasteiger partial charge in [-0.1, -0.05) is 91.8 Å². The minimum absolute atomic E-state index is 0.0793. The Kier molecular flexibility index (Phi) is 9.61. The Morgan fingerprint density at radius 2 is 1.05 bits per heavy atom. The van der Waals surface area contributed by atoms with Crippen LogP contribution in [0.15, 0.2) is 59.2 Å². The molecular weight excluding hydrogens is 485 g/mol. The van der Waals surface area contributed by atoms with Crippen molar-refractivity contribution in [2.45, 2.75) is 104 Å². The van der Waals surface area contributed by atoms with E-state index in [1.807, 2.05) is 64.1 Å². The lowest BCUT2D eigenvalue weighted by atomic mass is 9.90. The van der Waals surface area contributed by atoms with Crippen molar-refractivity contribution >= 4 is 11.4 Å². The maximum Gasteiger partial charge on any atom is 0.408 e. The summed E-state index contributed by atoms with van der Waals surface area (Å²) in [6, 6.07) is 12.9. The number of rotatable bonds is 11. The summed E-state index contributed by atoms with van der Waals surface area (Å²) < 4.78 is 49.8. The lowest BCUT2D eigenvalue weighted by molar-refractivity contribution is -0.144. The Labute approximate surface area is 226 Å². The summed E-state index contributed by atoms with van der Waals surface area (Å²) in [6.07, 6.45) is -3.18. The van der Waals surface area contributed by atoms with E-state index in [-0.39, 0.29) is 30.1 Å². The van der Waals surface area contributed by atoms with Crippen LogP contribution in [0.4, 0.5) is 24.5 Å². The van der Waals surface area contributed by atoms with E-state index in [1.54, 1.807) is 12.1 Å². The Hall–Kier alpha value is -2.89. The summed E-state index contributed by atoms with van der Waals surface area (Å²) >= 11 is 0. The van der Waals surface area contributed by atoms with Crippen LogP contribution in [0.25, 0.3) is 0 Å². The normalized spacial score (nSPS) is 14.0. The van der Waals surface area contributed by atoms with Gasteiger partial charge in [0.05, 0.1) is 12.3 Å². The molecule has 0 fully saturated rings. The highest BCUT2D eigenvalue weighted by Gasteiger charge is 2.42. The van der Waals surface area contributed by atoms with Crippen LogP contribution in [0.3, 0.4) is 0 Å². The van der Waals surface area contributed by atoms with Crippen LogP contribution < -0.4 is 10.6 Å². The fourth-order valence-corrected chi connectivity index (χ4v) is 5.03. The van der Waals surface area contributed by atoms with Gasteiger partial charge in [0.15, 0.2) is 0 Å². The van der Waals surface area contributed by atoms with Gasteiger partial charge in [0.2, 0.25) is 0 Å². The van der Waals surface area contributed by atoms with Crippen molar-refractivity contribution < 1.29 is 17.6 Å². The van der Waals surface area contributed by atoms with E-state index < -0.39 is 18.3 Å². The van der Waals surface area contributed by atoms with Crippen LogP contribution in [-0.4, -0.2) is 12.2 Å². The van der Waals surface area contributed by atoms with Crippen LogP contribution in [0.5, 0.6) is 0 Å². The molecule has 0 aliphatic carbocycles. The average molecular weight is 529 g/mol. The fourth-order valence-electron chi connectivity index (χ4n) is 5.03. The molecule has 0 aliphatic rings. The fraction of sp³-hybridized carbons (Fsp3) is 0.500. The molecule has 0 saturated heterocycles. The molecule has 0 bridgehead atoms. The molecule has 0 amide bonds. The summed E-state index contributed by atoms with van der Waals surface area (Å²) in [7, 11) is 0. The number of benzene rings is 2. The SMILES string of the molecule is CC(C)c1cccc(C(C)C)c1NC(CC(Nc1c(C(C)C)cccc1C(C)C)C(F)(F)F)c1ccco1. The van der Waals surface area contributed by atoms with Gasteiger partial charge in [0.1, 0.15) is 11.8 Å². The van der Waals surface area contributed by atoms with Crippen molar-refractivity contribution in [2.75, 3.05) is 10.6 Å². The van der Waals surface area contributed by atoms with Gasteiger partial charge < -0.3 is 15.1 Å². The largest absolute Gasteiger partial charge is 0.467 e. The second-order valence-electron chi connectivity index (χ2n) is 11.4. The third-order valence-electron chi connectivity index (χ3n) is 7.14. The van der Waals surface area contributed by atoms with Crippen molar-refractivity contribution in [3.05, 3.63) is 82.8 Å². The number of para-hydroxylation sites is 2. The minimum Gasteiger partial charge on any atom is -0.467 e. The molecule has 2 atom stereocenters. The molecule has 3 aromatic rings. The molecule has 0 aliphatic heterocycles. The quantitative estimate of drug-likeness (QED) is 0.260. The van der Waals surface area contributed by atoms with E-state index in [2.05, 4.69) is 38.3 Å². The smallest absolute Gasteiger partial charge is 0.408 e. The summed E-state index contributed by atoms with van der Waals surface area (Å²) in [5.74, 6) is 1.05. The molecule has 6 heteroatoms. The van der Waals surface area contributed by atoms with Crippen LogP contribution in [0.2, 0.25) is 0 Å². The van der Waals surface area contributed by atoms with Crippen molar-refractivity contribution in [1.29, 1.82) is 0 Å². The number of hydrogen-bond donors (Lipinski definition) is 2. The number of anilines is 2. The van der Waals surface area contributed by atoms with E-state index in [4.69, 9.17) is 4.42 Å². The molecular formula is C32H43F3N2O. The van der Waals surface area contributed by atoms with E-state index in [0.717, 1.165) is 27.9 Å². The van der Waals surface area contributed by atoms with Gasteiger partial charge in [0.25, 0.3) is 0 Å². The average Bonchev–Trinajstić information content (AvgIpc) is 3.36. The molecule has 2 N–H and O–H groups in total. The Bertz CT molecular complexity index is 1110. The maximum absolute atomic E-state index is 14.7. The first-order valence-electron chi connectivity index (χ1n) is 13.7. The van der Waals surface area contributed by atoms with E-state index in [0.29, 0.717) is 11.4 Å². The van der Waals surface area contributed by atoms with E-state index in [1.165, 1.54) is 6.26 Å². The Balaban J connectivity index is 2.08. The van der Waals surface area contributed by atoms with Gasteiger partial charge >= 0.3 is 6.18 Å². The first kappa shape index (κ1) is 29.7. The van der Waals surface area contributed by atoms with Crippen molar-refractivity contribution in [2.24, 2.45) is 0 Å². The zero-order valence-electron chi connectivity index (χ0n) is 23.9. The zero-order valence-corrected chi connectivity index (χ0v) is 23.9. The standard InChI is InChI=1S/C32H43F3N2O/c1-19(2)23-12-9-13-24(20(3)4)30(23)36-27(28-16-11-17-38-28)18-29(32(33,34)35)37-31-25(21(5)6)14-10-15-26(31)22(7)8/h9-17,19-22,27,29,36-37H,18H2,1-8H3. The predicted octanol–water partition coefficient (Wildman–Crippen LogP) is 10.4. The summed E-state index contributed by atoms with van der Waals surface area (Å²) in [5, 5.41) is 6.48. The van der Waals surface area contributed by atoms with Gasteiger partial charge in [-0.3, -0.25) is 0 Å². The summed E-state index contributed by atoms with van der Waals surface area (Å²) in [5.41, 5.74) is 5.42. The van der Waals surface area contributed by atoms with Crippen LogP contribution in [-0.2, 0) is 0 Å². The number of alkyl halides is 3. The molecule has 2 unspecified atom stereocenters. The third-order valence-corrected chi connectivity index (χ3v) is 7.14. The molecule has 1 heterocycles. The summed E-state index contributed by atoms with van der Waals surface area (Å²) in [4.78, 5) is 0. The lowest BCUT2D eigenvalue weighted by Gasteiger charge is -2.31. The number of furan rings is 1. The third kappa shape index (κ3) is 6.95. The maximum atomic E-state index is 14.7. The molecule has 0 saturated carbocycles. The molecule has 38 heavy (non-hydrogen) atoms. The zero-order chi connectivity index (χ0) is 28.2. The monoisotopic (exact) mass is 528 g/mol. The van der Waals surface area contributed by atoms with Crippen LogP contribution in [0, 0.1) is 0 Å². The first-order chi connectivity index (χ1) is 17.8. The number of halogens is 3. The molecule has 1 aromatic heterocycles. The van der Waals surface area contributed by atoms with Gasteiger partial charge in [-0.05, 0) is 58.1 Å². The van der Waals surface area contributed by atoms with E-state index >= 15 is 0 Å².